The molecule has 13 heteroatoms. The van der Waals surface area contributed by atoms with Gasteiger partial charge in [0.05, 0.1) is 22.5 Å². The molecule has 1 aromatic carbocycles. The number of hydrogen-bond donors (Lipinski definition) is 0. The number of benzene rings is 1. The molecule has 4 heterocycles. The number of piperazine rings is 1. The van der Waals surface area contributed by atoms with Crippen LogP contribution in [0.15, 0.2) is 35.4 Å². The summed E-state index contributed by atoms with van der Waals surface area (Å²) in [5, 5.41) is 0.186. The molecule has 47 heavy (non-hydrogen) atoms. The van der Waals surface area contributed by atoms with Crippen molar-refractivity contribution in [2.24, 2.45) is 0 Å². The van der Waals surface area contributed by atoms with Crippen molar-refractivity contribution in [3.8, 4) is 16.9 Å². The highest BCUT2D eigenvalue weighted by Gasteiger charge is 2.37. The van der Waals surface area contributed by atoms with Crippen molar-refractivity contribution in [1.29, 1.82) is 0 Å². The van der Waals surface area contributed by atoms with Crippen molar-refractivity contribution in [2.45, 2.75) is 91.8 Å². The third-order valence-electron chi connectivity index (χ3n) is 8.07. The number of nitrogens with zero attached hydrogens (tertiary/aromatic N) is 7. The number of rotatable bonds is 5. The number of hydrogen-bond acceptors (Lipinski definition) is 8. The molecule has 5 rings (SSSR count). The molecule has 2 atom stereocenters. The SMILES string of the molecule is CC(C)c1ncnc(C(C)C)c1-n1c(=O)nc(N2C[C@@H](C)N(C(=O)OC(C)(C)C)C[C@@H]2C)c2cc(F)c(-c3ccc(F)cc3F)nc21. The van der Waals surface area contributed by atoms with Crippen molar-refractivity contribution >= 4 is 22.9 Å². The van der Waals surface area contributed by atoms with Gasteiger partial charge in [0.25, 0.3) is 0 Å². The van der Waals surface area contributed by atoms with Crippen molar-refractivity contribution in [3.63, 3.8) is 0 Å². The van der Waals surface area contributed by atoms with E-state index in [1.807, 2.05) is 46.4 Å². The maximum Gasteiger partial charge on any atom is 0.410 e. The predicted molar refractivity (Wildman–Crippen MR) is 173 cm³/mol. The second-order valence-electron chi connectivity index (χ2n) is 13.7. The van der Waals surface area contributed by atoms with Gasteiger partial charge in [-0.3, -0.25) is 0 Å². The summed E-state index contributed by atoms with van der Waals surface area (Å²) in [6, 6.07) is 3.23. The number of aromatic nitrogens is 5. The lowest BCUT2D eigenvalue weighted by atomic mass is 10.0. The number of anilines is 1. The third-order valence-corrected chi connectivity index (χ3v) is 8.07. The van der Waals surface area contributed by atoms with Crippen molar-refractivity contribution < 1.29 is 22.7 Å². The van der Waals surface area contributed by atoms with Gasteiger partial charge in [-0.2, -0.15) is 4.98 Å². The molecule has 3 aromatic heterocycles. The highest BCUT2D eigenvalue weighted by molar-refractivity contribution is 5.90. The second kappa shape index (κ2) is 12.6. The quantitative estimate of drug-likeness (QED) is 0.234. The summed E-state index contributed by atoms with van der Waals surface area (Å²) in [4.78, 5) is 48.8. The van der Waals surface area contributed by atoms with Gasteiger partial charge >= 0.3 is 11.8 Å². The Kier molecular flexibility index (Phi) is 9.04. The number of pyridine rings is 1. The molecular formula is C34H40F3N7O3. The number of ether oxygens (including phenoxy) is 1. The van der Waals surface area contributed by atoms with Crippen LogP contribution in [0.2, 0.25) is 0 Å². The molecule has 0 spiro atoms. The predicted octanol–water partition coefficient (Wildman–Crippen LogP) is 6.74. The standard InChI is InChI=1S/C34H40F3N7O3/c1-17(2)26-29(27(18(3)4)39-16-38-26)44-31-23(13-25(37)28(40-31)22-11-10-21(35)12-24(22)36)30(41-32(44)45)42-14-20(6)43(15-19(42)5)33(46)47-34(7,8)9/h10-13,16-20H,14-15H2,1-9H3/t19-,20+/m0/s1. The van der Waals surface area contributed by atoms with Gasteiger partial charge in [0.15, 0.2) is 5.65 Å². The zero-order valence-electron chi connectivity index (χ0n) is 28.1. The van der Waals surface area contributed by atoms with E-state index in [9.17, 15) is 14.0 Å². The monoisotopic (exact) mass is 651 g/mol. The molecule has 250 valence electrons. The van der Waals surface area contributed by atoms with Gasteiger partial charge in [-0.1, -0.05) is 27.7 Å². The maximum atomic E-state index is 16.0. The van der Waals surface area contributed by atoms with Crippen LogP contribution in [-0.2, 0) is 4.74 Å². The average Bonchev–Trinajstić information content (AvgIpc) is 2.96. The molecule has 0 saturated carbocycles. The topological polar surface area (TPSA) is 106 Å². The normalized spacial score (nSPS) is 17.2. The number of halogens is 3. The van der Waals surface area contributed by atoms with Crippen molar-refractivity contribution in [3.05, 3.63) is 69.9 Å². The smallest absolute Gasteiger partial charge is 0.410 e. The minimum absolute atomic E-state index is 0.00755. The first kappa shape index (κ1) is 33.8. The van der Waals surface area contributed by atoms with E-state index in [0.717, 1.165) is 12.1 Å². The Morgan fingerprint density at radius 2 is 1.55 bits per heavy atom. The molecule has 1 amide bonds. The van der Waals surface area contributed by atoms with Crippen LogP contribution < -0.4 is 10.6 Å². The fraction of sp³-hybridized carbons (Fsp3) is 0.471. The Morgan fingerprint density at radius 3 is 2.13 bits per heavy atom. The maximum absolute atomic E-state index is 16.0. The highest BCUT2D eigenvalue weighted by Crippen LogP contribution is 2.35. The van der Waals surface area contributed by atoms with Crippen molar-refractivity contribution in [1.82, 2.24) is 29.4 Å². The van der Waals surface area contributed by atoms with Gasteiger partial charge in [-0.15, -0.1) is 0 Å². The molecule has 1 saturated heterocycles. The lowest BCUT2D eigenvalue weighted by Crippen LogP contribution is -2.59. The minimum atomic E-state index is -1.01. The number of carbonyl (C=O) groups excluding carboxylic acids is 1. The molecule has 10 nitrogen and oxygen atoms in total. The largest absolute Gasteiger partial charge is 0.444 e. The first-order valence-corrected chi connectivity index (χ1v) is 15.7. The Hall–Kier alpha value is -4.55. The van der Waals surface area contributed by atoms with E-state index in [-0.39, 0.29) is 59.4 Å². The number of fused-ring (bicyclic) bond motifs is 1. The molecule has 1 fully saturated rings. The van der Waals surface area contributed by atoms with E-state index in [4.69, 9.17) is 4.74 Å². The van der Waals surface area contributed by atoms with Gasteiger partial charge in [0.1, 0.15) is 40.9 Å². The van der Waals surface area contributed by atoms with Gasteiger partial charge in [-0.05, 0) is 64.7 Å². The van der Waals surface area contributed by atoms with Crippen molar-refractivity contribution in [2.75, 3.05) is 18.0 Å². The van der Waals surface area contributed by atoms with E-state index < -0.39 is 40.5 Å². The van der Waals surface area contributed by atoms with Gasteiger partial charge < -0.3 is 14.5 Å². The Labute approximate surface area is 271 Å². The van der Waals surface area contributed by atoms with Crippen LogP contribution in [0.5, 0.6) is 0 Å². The fourth-order valence-corrected chi connectivity index (χ4v) is 5.87. The van der Waals surface area contributed by atoms with Crippen LogP contribution in [0, 0.1) is 17.5 Å². The van der Waals surface area contributed by atoms with E-state index in [1.165, 1.54) is 17.0 Å². The van der Waals surface area contributed by atoms with Crippen LogP contribution in [0.1, 0.15) is 85.5 Å². The summed E-state index contributed by atoms with van der Waals surface area (Å²) in [7, 11) is 0. The van der Waals surface area contributed by atoms with Crippen LogP contribution in [0.3, 0.4) is 0 Å². The minimum Gasteiger partial charge on any atom is -0.444 e. The van der Waals surface area contributed by atoms with E-state index in [0.29, 0.717) is 23.1 Å². The lowest BCUT2D eigenvalue weighted by molar-refractivity contribution is 0.0130. The molecule has 1 aliphatic heterocycles. The van der Waals surface area contributed by atoms with Gasteiger partial charge in [0, 0.05) is 36.8 Å². The van der Waals surface area contributed by atoms with Crippen LogP contribution in [0.4, 0.5) is 23.8 Å². The highest BCUT2D eigenvalue weighted by atomic mass is 19.1. The Bertz CT molecular complexity index is 1880. The summed E-state index contributed by atoms with van der Waals surface area (Å²) in [5.41, 5.74) is -0.592. The van der Waals surface area contributed by atoms with Crippen LogP contribution in [-0.4, -0.2) is 66.3 Å². The van der Waals surface area contributed by atoms with Gasteiger partial charge in [0.2, 0.25) is 0 Å². The number of carbonyl (C=O) groups is 1. The lowest BCUT2D eigenvalue weighted by Gasteiger charge is -2.44. The molecule has 0 N–H and O–H groups in total. The second-order valence-corrected chi connectivity index (χ2v) is 13.7. The molecule has 4 aromatic rings. The summed E-state index contributed by atoms with van der Waals surface area (Å²) in [6.45, 7) is 17.3. The zero-order chi connectivity index (χ0) is 34.5. The third kappa shape index (κ3) is 6.52. The summed E-state index contributed by atoms with van der Waals surface area (Å²) in [6.07, 6.45) is 0.970. The van der Waals surface area contributed by atoms with Gasteiger partial charge in [-0.25, -0.2) is 42.3 Å². The number of amides is 1. The van der Waals surface area contributed by atoms with Crippen LogP contribution in [0.25, 0.3) is 28.0 Å². The van der Waals surface area contributed by atoms with E-state index >= 15 is 8.78 Å². The molecule has 1 aliphatic rings. The summed E-state index contributed by atoms with van der Waals surface area (Å²) < 4.78 is 51.8. The molecular weight excluding hydrogens is 611 g/mol. The average molecular weight is 652 g/mol. The molecule has 0 unspecified atom stereocenters. The fourth-order valence-electron chi connectivity index (χ4n) is 5.87. The Balaban J connectivity index is 1.78. The first-order valence-electron chi connectivity index (χ1n) is 15.7. The Morgan fingerprint density at radius 1 is 0.915 bits per heavy atom. The molecule has 0 bridgehead atoms. The molecule has 0 aliphatic carbocycles. The summed E-state index contributed by atoms with van der Waals surface area (Å²) in [5.74, 6) is -2.85. The van der Waals surface area contributed by atoms with E-state index in [2.05, 4.69) is 19.9 Å². The molecule has 0 radical (unpaired) electrons. The first-order chi connectivity index (χ1) is 22.0. The van der Waals surface area contributed by atoms with Crippen LogP contribution >= 0.6 is 0 Å². The van der Waals surface area contributed by atoms with E-state index in [1.54, 1.807) is 25.7 Å². The summed E-state index contributed by atoms with van der Waals surface area (Å²) >= 11 is 0. The zero-order valence-corrected chi connectivity index (χ0v) is 28.1.